The smallest absolute Gasteiger partial charge is 0.147 e. The Kier molecular flexibility index (Phi) is 3.04. The van der Waals surface area contributed by atoms with Gasteiger partial charge < -0.3 is 14.2 Å². The highest BCUT2D eigenvalue weighted by Crippen LogP contribution is 2.26. The molecule has 0 spiro atoms. The van der Waals surface area contributed by atoms with Crippen molar-refractivity contribution in [3.05, 3.63) is 18.2 Å². The van der Waals surface area contributed by atoms with Crippen molar-refractivity contribution in [3.8, 4) is 29.8 Å². The minimum absolute atomic E-state index is 0.527. The van der Waals surface area contributed by atoms with Crippen LogP contribution in [0.25, 0.3) is 0 Å². The second-order valence-corrected chi connectivity index (χ2v) is 2.27. The molecule has 3 nitrogen and oxygen atoms in total. The van der Waals surface area contributed by atoms with Crippen LogP contribution in [0.4, 0.5) is 0 Å². The molecule has 0 aliphatic heterocycles. The van der Waals surface area contributed by atoms with E-state index in [-0.39, 0.29) is 0 Å². The van der Waals surface area contributed by atoms with Gasteiger partial charge >= 0.3 is 0 Å². The Morgan fingerprint density at radius 3 is 1.85 bits per heavy atom. The van der Waals surface area contributed by atoms with Gasteiger partial charge in [0, 0.05) is 18.2 Å². The minimum Gasteiger partial charge on any atom is -0.496 e. The molecule has 3 heteroatoms. The van der Waals surface area contributed by atoms with E-state index in [2.05, 4.69) is 6.11 Å². The quantitative estimate of drug-likeness (QED) is 0.659. The third-order valence-electron chi connectivity index (χ3n) is 1.50. The molecule has 0 saturated heterocycles. The molecule has 0 radical (unpaired) electrons. The van der Waals surface area contributed by atoms with E-state index in [4.69, 9.17) is 20.6 Å². The third-order valence-corrected chi connectivity index (χ3v) is 1.50. The maximum Gasteiger partial charge on any atom is 0.147 e. The van der Waals surface area contributed by atoms with Crippen molar-refractivity contribution in [2.75, 3.05) is 14.2 Å². The summed E-state index contributed by atoms with van der Waals surface area (Å²) in [5, 5.41) is 0. The lowest BCUT2D eigenvalue weighted by Crippen LogP contribution is -1.89. The van der Waals surface area contributed by atoms with Gasteiger partial charge in [-0.15, -0.1) is 0 Å². The number of ether oxygens (including phenoxy) is 3. The maximum absolute atomic E-state index is 5.02. The van der Waals surface area contributed by atoms with E-state index in [1.54, 1.807) is 32.4 Å². The largest absolute Gasteiger partial charge is 0.496 e. The maximum atomic E-state index is 5.02. The van der Waals surface area contributed by atoms with E-state index in [1.807, 2.05) is 0 Å². The molecule has 0 aromatic heterocycles. The van der Waals surface area contributed by atoms with Gasteiger partial charge in [-0.3, -0.25) is 0 Å². The van der Waals surface area contributed by atoms with Crippen LogP contribution in [0, 0.1) is 12.5 Å². The Morgan fingerprint density at radius 2 is 1.46 bits per heavy atom. The molecule has 0 heterocycles. The van der Waals surface area contributed by atoms with Crippen molar-refractivity contribution < 1.29 is 14.2 Å². The number of methoxy groups -OCH3 is 2. The normalized spacial score (nSPS) is 8.69. The van der Waals surface area contributed by atoms with Crippen molar-refractivity contribution in [3.63, 3.8) is 0 Å². The van der Waals surface area contributed by atoms with Gasteiger partial charge in [0.1, 0.15) is 23.4 Å². The predicted molar refractivity (Wildman–Crippen MR) is 49.0 cm³/mol. The van der Waals surface area contributed by atoms with Gasteiger partial charge in [0.2, 0.25) is 0 Å². The molecule has 1 aromatic rings. The standard InChI is InChI=1S/C10H10O3/c1-4-13-10-6-8(11-2)5-9(7-10)12-3/h1,5-7H,2-3H3. The van der Waals surface area contributed by atoms with E-state index in [1.165, 1.54) is 0 Å². The second kappa shape index (κ2) is 4.27. The monoisotopic (exact) mass is 178 g/mol. The first-order chi connectivity index (χ1) is 6.30. The summed E-state index contributed by atoms with van der Waals surface area (Å²) in [5.41, 5.74) is 0. The van der Waals surface area contributed by atoms with Crippen LogP contribution in [0.5, 0.6) is 17.2 Å². The van der Waals surface area contributed by atoms with E-state index in [0.717, 1.165) is 0 Å². The molecule has 0 amide bonds. The molecule has 1 rings (SSSR count). The Labute approximate surface area is 77.2 Å². The van der Waals surface area contributed by atoms with Gasteiger partial charge in [-0.05, 0) is 0 Å². The Bertz CT molecular complexity index is 303. The van der Waals surface area contributed by atoms with Crippen molar-refractivity contribution in [2.45, 2.75) is 0 Å². The molecule has 0 N–H and O–H groups in total. The summed E-state index contributed by atoms with van der Waals surface area (Å²) >= 11 is 0. The van der Waals surface area contributed by atoms with Crippen molar-refractivity contribution in [1.29, 1.82) is 0 Å². The lowest BCUT2D eigenvalue weighted by molar-refractivity contribution is 0.388. The van der Waals surface area contributed by atoms with Crippen LogP contribution >= 0.6 is 0 Å². The molecule has 0 fully saturated rings. The summed E-state index contributed by atoms with van der Waals surface area (Å²) in [4.78, 5) is 0. The van der Waals surface area contributed by atoms with Crippen LogP contribution in [0.1, 0.15) is 0 Å². The van der Waals surface area contributed by atoms with Crippen LogP contribution in [-0.4, -0.2) is 14.2 Å². The Balaban J connectivity index is 3.01. The van der Waals surface area contributed by atoms with Gasteiger partial charge in [-0.1, -0.05) is 6.42 Å². The van der Waals surface area contributed by atoms with Crippen LogP contribution < -0.4 is 14.2 Å². The van der Waals surface area contributed by atoms with Crippen molar-refractivity contribution >= 4 is 0 Å². The van der Waals surface area contributed by atoms with Crippen LogP contribution in [0.15, 0.2) is 18.2 Å². The second-order valence-electron chi connectivity index (χ2n) is 2.27. The summed E-state index contributed by atoms with van der Waals surface area (Å²) in [5.74, 6) is 1.81. The molecule has 0 atom stereocenters. The summed E-state index contributed by atoms with van der Waals surface area (Å²) in [6.07, 6.45) is 7.07. The first kappa shape index (κ1) is 9.27. The number of hydrogen-bond donors (Lipinski definition) is 0. The molecule has 0 aliphatic carbocycles. The number of rotatable bonds is 3. The summed E-state index contributed by atoms with van der Waals surface area (Å²) in [6.45, 7) is 0. The van der Waals surface area contributed by atoms with Gasteiger partial charge in [0.05, 0.1) is 14.2 Å². The molecular formula is C10H10O3. The van der Waals surface area contributed by atoms with Gasteiger partial charge in [0.25, 0.3) is 0 Å². The van der Waals surface area contributed by atoms with E-state index in [0.29, 0.717) is 17.2 Å². The minimum atomic E-state index is 0.527. The van der Waals surface area contributed by atoms with Gasteiger partial charge in [0.15, 0.2) is 0 Å². The van der Waals surface area contributed by atoms with Crippen LogP contribution in [0.2, 0.25) is 0 Å². The highest BCUT2D eigenvalue weighted by molar-refractivity contribution is 5.42. The lowest BCUT2D eigenvalue weighted by Gasteiger charge is -2.05. The molecule has 0 unspecified atom stereocenters. The first-order valence-electron chi connectivity index (χ1n) is 3.65. The highest BCUT2D eigenvalue weighted by Gasteiger charge is 2.01. The van der Waals surface area contributed by atoms with Crippen LogP contribution in [0.3, 0.4) is 0 Å². The molecule has 0 saturated carbocycles. The zero-order valence-corrected chi connectivity index (χ0v) is 7.53. The SMILES string of the molecule is C#COc1cc(OC)cc(OC)c1. The van der Waals surface area contributed by atoms with Crippen LogP contribution in [-0.2, 0) is 0 Å². The number of hydrogen-bond acceptors (Lipinski definition) is 3. The summed E-state index contributed by atoms with van der Waals surface area (Å²) in [6, 6.07) is 5.11. The molecule has 1 aromatic carbocycles. The molecule has 0 aliphatic rings. The lowest BCUT2D eigenvalue weighted by atomic mass is 10.3. The average molecular weight is 178 g/mol. The molecule has 13 heavy (non-hydrogen) atoms. The fourth-order valence-corrected chi connectivity index (χ4v) is 0.908. The predicted octanol–water partition coefficient (Wildman–Crippen LogP) is 1.67. The average Bonchev–Trinajstić information content (AvgIpc) is 2.17. The number of terminal acetylenes is 1. The first-order valence-corrected chi connectivity index (χ1v) is 3.65. The highest BCUT2D eigenvalue weighted by atomic mass is 16.5. The zero-order chi connectivity index (χ0) is 9.68. The molecular weight excluding hydrogens is 168 g/mol. The Morgan fingerprint density at radius 1 is 1.00 bits per heavy atom. The van der Waals surface area contributed by atoms with Gasteiger partial charge in [-0.2, -0.15) is 0 Å². The molecule has 68 valence electrons. The topological polar surface area (TPSA) is 27.7 Å². The van der Waals surface area contributed by atoms with E-state index in [9.17, 15) is 0 Å². The van der Waals surface area contributed by atoms with Crippen molar-refractivity contribution in [1.82, 2.24) is 0 Å². The third kappa shape index (κ3) is 2.31. The number of benzene rings is 1. The van der Waals surface area contributed by atoms with Crippen molar-refractivity contribution in [2.24, 2.45) is 0 Å². The summed E-state index contributed by atoms with van der Waals surface area (Å²) < 4.78 is 14.9. The summed E-state index contributed by atoms with van der Waals surface area (Å²) in [7, 11) is 3.13. The van der Waals surface area contributed by atoms with E-state index >= 15 is 0 Å². The fraction of sp³-hybridized carbons (Fsp3) is 0.200. The zero-order valence-electron chi connectivity index (χ0n) is 7.53. The molecule has 0 bridgehead atoms. The fourth-order valence-electron chi connectivity index (χ4n) is 0.908. The van der Waals surface area contributed by atoms with E-state index < -0.39 is 0 Å². The van der Waals surface area contributed by atoms with Gasteiger partial charge in [-0.25, -0.2) is 0 Å². The Hall–Kier alpha value is -1.82.